The average Bonchev–Trinajstić information content (AvgIpc) is 3.01. The van der Waals surface area contributed by atoms with Crippen molar-refractivity contribution in [3.63, 3.8) is 0 Å². The van der Waals surface area contributed by atoms with Gasteiger partial charge >= 0.3 is 0 Å². The lowest BCUT2D eigenvalue weighted by atomic mass is 10.0. The summed E-state index contributed by atoms with van der Waals surface area (Å²) in [5, 5.41) is 1.80. The summed E-state index contributed by atoms with van der Waals surface area (Å²) >= 11 is 0. The fourth-order valence-corrected chi connectivity index (χ4v) is 3.66. The van der Waals surface area contributed by atoms with E-state index in [0.717, 1.165) is 17.6 Å². The van der Waals surface area contributed by atoms with Crippen molar-refractivity contribution in [3.05, 3.63) is 58.4 Å². The number of aromatic nitrogens is 3. The molecule has 4 aromatic rings. The maximum Gasteiger partial charge on any atom is 0.261 e. The maximum atomic E-state index is 12.9. The van der Waals surface area contributed by atoms with Gasteiger partial charge in [-0.2, -0.15) is 0 Å². The second kappa shape index (κ2) is 4.71. The first-order valence-electron chi connectivity index (χ1n) is 7.95. The molecule has 118 valence electrons. The van der Waals surface area contributed by atoms with E-state index in [9.17, 15) is 4.79 Å². The quantitative estimate of drug-likeness (QED) is 0.587. The van der Waals surface area contributed by atoms with Crippen molar-refractivity contribution < 1.29 is 4.74 Å². The molecule has 5 heteroatoms. The fourth-order valence-electron chi connectivity index (χ4n) is 3.66. The molecule has 1 N–H and O–H groups in total. The van der Waals surface area contributed by atoms with E-state index in [2.05, 4.69) is 17.1 Å². The van der Waals surface area contributed by atoms with Gasteiger partial charge in [0.15, 0.2) is 5.82 Å². The van der Waals surface area contributed by atoms with Crippen molar-refractivity contribution in [2.45, 2.75) is 13.0 Å². The molecule has 1 aliphatic heterocycles. The molecular weight excluding hydrogens is 302 g/mol. The molecule has 0 bridgehead atoms. The van der Waals surface area contributed by atoms with Crippen molar-refractivity contribution in [2.75, 3.05) is 7.11 Å². The average molecular weight is 317 g/mol. The lowest BCUT2D eigenvalue weighted by Crippen LogP contribution is -2.27. The largest absolute Gasteiger partial charge is 0.494 e. The molecule has 0 radical (unpaired) electrons. The van der Waals surface area contributed by atoms with Crippen LogP contribution in [0, 0.1) is 0 Å². The van der Waals surface area contributed by atoms with Crippen LogP contribution in [0.4, 0.5) is 0 Å². The van der Waals surface area contributed by atoms with Crippen molar-refractivity contribution in [3.8, 4) is 17.3 Å². The van der Waals surface area contributed by atoms with Crippen molar-refractivity contribution in [1.82, 2.24) is 14.5 Å². The molecule has 1 aliphatic rings. The van der Waals surface area contributed by atoms with Gasteiger partial charge in [-0.1, -0.05) is 24.3 Å². The summed E-state index contributed by atoms with van der Waals surface area (Å²) in [5.41, 5.74) is 3.84. The standard InChI is InChI=1S/C19H15N3O2/c1-24-15-8-4-6-13-16(15)21-18-17-12(9-10-22(18)19(13)23)11-5-2-3-7-14(11)20-17/h2-8,20H,9-10H2,1H3. The molecule has 3 heterocycles. The van der Waals surface area contributed by atoms with Gasteiger partial charge in [0, 0.05) is 17.4 Å². The number of aromatic amines is 1. The Kier molecular flexibility index (Phi) is 2.62. The Hall–Kier alpha value is -3.08. The Bertz CT molecular complexity index is 1170. The highest BCUT2D eigenvalue weighted by atomic mass is 16.5. The highest BCUT2D eigenvalue weighted by molar-refractivity contribution is 5.92. The Morgan fingerprint density at radius 1 is 1.12 bits per heavy atom. The molecule has 0 amide bonds. The van der Waals surface area contributed by atoms with Crippen LogP contribution in [0.25, 0.3) is 33.3 Å². The molecule has 0 saturated heterocycles. The zero-order valence-corrected chi connectivity index (χ0v) is 13.2. The van der Waals surface area contributed by atoms with Crippen molar-refractivity contribution in [1.29, 1.82) is 0 Å². The van der Waals surface area contributed by atoms with E-state index in [0.29, 0.717) is 29.0 Å². The van der Waals surface area contributed by atoms with E-state index in [1.807, 2.05) is 24.3 Å². The zero-order chi connectivity index (χ0) is 16.3. The number of fused-ring (bicyclic) bond motifs is 6. The van der Waals surface area contributed by atoms with Crippen LogP contribution in [0.1, 0.15) is 5.56 Å². The maximum absolute atomic E-state index is 12.9. The number of ether oxygens (including phenoxy) is 1. The predicted molar refractivity (Wildman–Crippen MR) is 93.6 cm³/mol. The van der Waals surface area contributed by atoms with Gasteiger partial charge < -0.3 is 9.72 Å². The van der Waals surface area contributed by atoms with Crippen LogP contribution < -0.4 is 10.3 Å². The summed E-state index contributed by atoms with van der Waals surface area (Å²) in [5.74, 6) is 1.31. The first kappa shape index (κ1) is 13.4. The summed E-state index contributed by atoms with van der Waals surface area (Å²) < 4.78 is 7.16. The third-order valence-corrected chi connectivity index (χ3v) is 4.79. The van der Waals surface area contributed by atoms with E-state index in [-0.39, 0.29) is 5.56 Å². The minimum Gasteiger partial charge on any atom is -0.494 e. The first-order chi connectivity index (χ1) is 11.8. The molecule has 0 aliphatic carbocycles. The van der Waals surface area contributed by atoms with Gasteiger partial charge in [-0.3, -0.25) is 9.36 Å². The van der Waals surface area contributed by atoms with Gasteiger partial charge in [0.05, 0.1) is 18.2 Å². The van der Waals surface area contributed by atoms with Crippen LogP contribution in [0.5, 0.6) is 5.75 Å². The summed E-state index contributed by atoms with van der Waals surface area (Å²) in [6.45, 7) is 0.642. The number of aryl methyl sites for hydroxylation is 1. The van der Waals surface area contributed by atoms with Gasteiger partial charge in [0.25, 0.3) is 5.56 Å². The summed E-state index contributed by atoms with van der Waals surface area (Å²) in [6.07, 6.45) is 0.823. The number of hydrogen-bond donors (Lipinski definition) is 1. The van der Waals surface area contributed by atoms with Crippen LogP contribution in [0.15, 0.2) is 47.3 Å². The minimum absolute atomic E-state index is 0.0155. The fraction of sp³-hybridized carbons (Fsp3) is 0.158. The van der Waals surface area contributed by atoms with Gasteiger partial charge in [-0.15, -0.1) is 0 Å². The molecule has 5 rings (SSSR count). The predicted octanol–water partition coefficient (Wildman–Crippen LogP) is 3.11. The molecule has 2 aromatic heterocycles. The SMILES string of the molecule is COc1cccc2c(=O)n3c(nc12)-c1[nH]c2ccccc2c1CC3. The lowest BCUT2D eigenvalue weighted by Gasteiger charge is -2.19. The molecule has 2 aromatic carbocycles. The monoisotopic (exact) mass is 317 g/mol. The van der Waals surface area contributed by atoms with Crippen LogP contribution in [-0.4, -0.2) is 21.6 Å². The number of H-pyrrole nitrogens is 1. The normalized spacial score (nSPS) is 13.0. The Morgan fingerprint density at radius 2 is 1.96 bits per heavy atom. The molecular formula is C19H15N3O2. The highest BCUT2D eigenvalue weighted by Crippen LogP contribution is 2.34. The van der Waals surface area contributed by atoms with Crippen LogP contribution in [-0.2, 0) is 13.0 Å². The van der Waals surface area contributed by atoms with Crippen molar-refractivity contribution in [2.24, 2.45) is 0 Å². The highest BCUT2D eigenvalue weighted by Gasteiger charge is 2.24. The Morgan fingerprint density at radius 3 is 2.83 bits per heavy atom. The van der Waals surface area contributed by atoms with E-state index >= 15 is 0 Å². The number of methoxy groups -OCH3 is 1. The molecule has 0 saturated carbocycles. The summed E-state index contributed by atoms with van der Waals surface area (Å²) in [7, 11) is 1.60. The molecule has 0 atom stereocenters. The second-order valence-corrected chi connectivity index (χ2v) is 6.02. The molecule has 0 spiro atoms. The smallest absolute Gasteiger partial charge is 0.261 e. The number of benzene rings is 2. The number of nitrogens with one attached hydrogen (secondary N) is 1. The first-order valence-corrected chi connectivity index (χ1v) is 7.95. The Balaban J connectivity index is 1.91. The molecule has 0 fully saturated rings. The minimum atomic E-state index is -0.0155. The topological polar surface area (TPSA) is 59.9 Å². The van der Waals surface area contributed by atoms with Gasteiger partial charge in [-0.25, -0.2) is 4.98 Å². The van der Waals surface area contributed by atoms with Gasteiger partial charge in [-0.05, 0) is 30.2 Å². The summed E-state index contributed by atoms with van der Waals surface area (Å²) in [6, 6.07) is 13.7. The Labute approximate surface area is 137 Å². The number of nitrogens with zero attached hydrogens (tertiary/aromatic N) is 2. The number of rotatable bonds is 1. The van der Waals surface area contributed by atoms with Gasteiger partial charge in [0.1, 0.15) is 11.3 Å². The van der Waals surface area contributed by atoms with Crippen LogP contribution >= 0.6 is 0 Å². The van der Waals surface area contributed by atoms with E-state index in [1.165, 1.54) is 10.9 Å². The van der Waals surface area contributed by atoms with E-state index in [4.69, 9.17) is 9.72 Å². The lowest BCUT2D eigenvalue weighted by molar-refractivity contribution is 0.418. The zero-order valence-electron chi connectivity index (χ0n) is 13.2. The van der Waals surface area contributed by atoms with Crippen molar-refractivity contribution >= 4 is 21.8 Å². The van der Waals surface area contributed by atoms with Crippen LogP contribution in [0.3, 0.4) is 0 Å². The number of hydrogen-bond acceptors (Lipinski definition) is 3. The third-order valence-electron chi connectivity index (χ3n) is 4.79. The van der Waals surface area contributed by atoms with Gasteiger partial charge in [0.2, 0.25) is 0 Å². The molecule has 24 heavy (non-hydrogen) atoms. The molecule has 5 nitrogen and oxygen atoms in total. The van der Waals surface area contributed by atoms with E-state index in [1.54, 1.807) is 17.7 Å². The third kappa shape index (κ3) is 1.64. The summed E-state index contributed by atoms with van der Waals surface area (Å²) in [4.78, 5) is 21.1. The van der Waals surface area contributed by atoms with Crippen LogP contribution in [0.2, 0.25) is 0 Å². The number of para-hydroxylation sites is 2. The second-order valence-electron chi connectivity index (χ2n) is 6.02. The molecule has 0 unspecified atom stereocenters. The van der Waals surface area contributed by atoms with E-state index < -0.39 is 0 Å².